The first-order chi connectivity index (χ1) is 12.5. The van der Waals surface area contributed by atoms with Gasteiger partial charge in [0.2, 0.25) is 0 Å². The fourth-order valence-corrected chi connectivity index (χ4v) is 8.90. The van der Waals surface area contributed by atoms with E-state index in [1.54, 1.807) is 0 Å². The zero-order valence-corrected chi connectivity index (χ0v) is 18.6. The van der Waals surface area contributed by atoms with Gasteiger partial charge < -0.3 is 5.11 Å². The molecule has 6 unspecified atom stereocenters. The van der Waals surface area contributed by atoms with Crippen molar-refractivity contribution >= 4 is 5.78 Å². The van der Waals surface area contributed by atoms with Crippen LogP contribution in [0, 0.1) is 51.8 Å². The summed E-state index contributed by atoms with van der Waals surface area (Å²) in [6.07, 6.45) is 9.65. The van der Waals surface area contributed by atoms with Crippen LogP contribution in [-0.2, 0) is 4.79 Å². The zero-order chi connectivity index (χ0) is 19.8. The molecule has 0 bridgehead atoms. The highest BCUT2D eigenvalue weighted by Crippen LogP contribution is 2.68. The predicted octanol–water partition coefficient (Wildman–Crippen LogP) is 5.87. The molecule has 27 heavy (non-hydrogen) atoms. The van der Waals surface area contributed by atoms with Crippen LogP contribution in [0.15, 0.2) is 0 Å². The van der Waals surface area contributed by atoms with Gasteiger partial charge in [-0.3, -0.25) is 4.79 Å². The highest BCUT2D eigenvalue weighted by atomic mass is 16.3. The van der Waals surface area contributed by atoms with Crippen molar-refractivity contribution in [1.29, 1.82) is 0 Å². The number of hydrogen-bond donors (Lipinski definition) is 1. The first-order valence-corrected chi connectivity index (χ1v) is 11.7. The Morgan fingerprint density at radius 1 is 0.963 bits per heavy atom. The third-order valence-corrected chi connectivity index (χ3v) is 10.3. The molecule has 0 amide bonds. The van der Waals surface area contributed by atoms with E-state index in [1.165, 1.54) is 38.5 Å². The fourth-order valence-electron chi connectivity index (χ4n) is 8.90. The normalized spacial score (nSPS) is 52.6. The summed E-state index contributed by atoms with van der Waals surface area (Å²) in [7, 11) is 0. The van der Waals surface area contributed by atoms with Gasteiger partial charge >= 0.3 is 0 Å². The van der Waals surface area contributed by atoms with Gasteiger partial charge in [0.1, 0.15) is 5.78 Å². The fraction of sp³-hybridized carbons (Fsp3) is 0.960. The molecular weight excluding hydrogens is 332 g/mol. The largest absolute Gasteiger partial charge is 0.393 e. The van der Waals surface area contributed by atoms with E-state index >= 15 is 0 Å². The SMILES string of the molecule is CC(=O)[C@H]1CCC2C3CCC4CC(C(C)(C)C)C(O)C[C@]4(C)C3CC[C@@]21C. The van der Waals surface area contributed by atoms with Crippen molar-refractivity contribution in [2.75, 3.05) is 0 Å². The number of carbonyl (C=O) groups is 1. The van der Waals surface area contributed by atoms with Crippen molar-refractivity contribution in [3.8, 4) is 0 Å². The Hall–Kier alpha value is -0.370. The maximum atomic E-state index is 12.3. The Labute approximate surface area is 166 Å². The van der Waals surface area contributed by atoms with Crippen LogP contribution in [0.2, 0.25) is 0 Å². The Balaban J connectivity index is 1.60. The van der Waals surface area contributed by atoms with Crippen LogP contribution in [0.4, 0.5) is 0 Å². The molecule has 154 valence electrons. The van der Waals surface area contributed by atoms with Gasteiger partial charge in [-0.25, -0.2) is 0 Å². The van der Waals surface area contributed by atoms with Crippen molar-refractivity contribution in [3.05, 3.63) is 0 Å². The topological polar surface area (TPSA) is 37.3 Å². The molecule has 0 aromatic rings. The first-order valence-electron chi connectivity index (χ1n) is 11.7. The van der Waals surface area contributed by atoms with Crippen LogP contribution in [0.25, 0.3) is 0 Å². The molecular formula is C25H42O2. The van der Waals surface area contributed by atoms with Gasteiger partial charge in [-0.05, 0) is 104 Å². The van der Waals surface area contributed by atoms with Gasteiger partial charge in [0, 0.05) is 5.92 Å². The van der Waals surface area contributed by atoms with Crippen LogP contribution in [0.5, 0.6) is 0 Å². The van der Waals surface area contributed by atoms with E-state index < -0.39 is 0 Å². The van der Waals surface area contributed by atoms with E-state index in [9.17, 15) is 9.90 Å². The molecule has 9 atom stereocenters. The van der Waals surface area contributed by atoms with Crippen LogP contribution in [0.1, 0.15) is 92.9 Å². The molecule has 0 spiro atoms. The minimum atomic E-state index is -0.146. The maximum absolute atomic E-state index is 12.3. The van der Waals surface area contributed by atoms with E-state index in [0.29, 0.717) is 23.0 Å². The number of ketones is 1. The molecule has 4 rings (SSSR count). The summed E-state index contributed by atoms with van der Waals surface area (Å²) in [5.74, 6) is 4.23. The summed E-state index contributed by atoms with van der Waals surface area (Å²) in [4.78, 5) is 12.3. The lowest BCUT2D eigenvalue weighted by molar-refractivity contribution is -0.158. The van der Waals surface area contributed by atoms with Crippen molar-refractivity contribution < 1.29 is 9.90 Å². The third kappa shape index (κ3) is 2.87. The standard InChI is InChI=1S/C25H42O2/c1-15(26)18-9-10-19-17-8-7-16-13-21(23(2,3)4)22(27)14-25(16,6)20(17)11-12-24(18,19)5/h16-22,27H,7-14H2,1-6H3/t16?,17?,18-,19?,20?,21?,22?,24-,25+/m1/s1. The van der Waals surface area contributed by atoms with E-state index in [2.05, 4.69) is 34.6 Å². The molecule has 4 fully saturated rings. The summed E-state index contributed by atoms with van der Waals surface area (Å²) in [6.45, 7) is 13.7. The summed E-state index contributed by atoms with van der Waals surface area (Å²) in [6, 6.07) is 0. The Bertz CT molecular complexity index is 604. The lowest BCUT2D eigenvalue weighted by Gasteiger charge is -2.62. The summed E-state index contributed by atoms with van der Waals surface area (Å²) < 4.78 is 0. The van der Waals surface area contributed by atoms with Gasteiger partial charge in [0.25, 0.3) is 0 Å². The smallest absolute Gasteiger partial charge is 0.133 e. The molecule has 0 aromatic heterocycles. The molecule has 1 N–H and O–H groups in total. The lowest BCUT2D eigenvalue weighted by atomic mass is 9.43. The number of Topliss-reactive ketones (excluding diaryl/α,β-unsaturated/α-hetero) is 1. The van der Waals surface area contributed by atoms with E-state index in [4.69, 9.17) is 0 Å². The monoisotopic (exact) mass is 374 g/mol. The van der Waals surface area contributed by atoms with Crippen molar-refractivity contribution in [2.45, 2.75) is 99.0 Å². The van der Waals surface area contributed by atoms with Gasteiger partial charge in [0.15, 0.2) is 0 Å². The summed E-state index contributed by atoms with van der Waals surface area (Å²) in [5.41, 5.74) is 0.750. The van der Waals surface area contributed by atoms with Crippen LogP contribution < -0.4 is 0 Å². The second-order valence-electron chi connectivity index (χ2n) is 12.4. The number of rotatable bonds is 1. The molecule has 0 heterocycles. The van der Waals surface area contributed by atoms with E-state index in [-0.39, 0.29) is 16.9 Å². The van der Waals surface area contributed by atoms with Gasteiger partial charge in [0.05, 0.1) is 6.10 Å². The van der Waals surface area contributed by atoms with E-state index in [0.717, 1.165) is 36.5 Å². The van der Waals surface area contributed by atoms with Crippen molar-refractivity contribution in [1.82, 2.24) is 0 Å². The van der Waals surface area contributed by atoms with Crippen LogP contribution >= 0.6 is 0 Å². The van der Waals surface area contributed by atoms with Crippen molar-refractivity contribution in [3.63, 3.8) is 0 Å². The van der Waals surface area contributed by atoms with Crippen LogP contribution in [-0.4, -0.2) is 17.0 Å². The second kappa shape index (κ2) is 6.31. The molecule has 4 saturated carbocycles. The highest BCUT2D eigenvalue weighted by Gasteiger charge is 2.62. The highest BCUT2D eigenvalue weighted by molar-refractivity contribution is 5.79. The quantitative estimate of drug-likeness (QED) is 0.623. The summed E-state index contributed by atoms with van der Waals surface area (Å²) >= 11 is 0. The Kier molecular flexibility index (Phi) is 4.66. The van der Waals surface area contributed by atoms with Gasteiger partial charge in [-0.1, -0.05) is 34.6 Å². The lowest BCUT2D eigenvalue weighted by Crippen LogP contribution is -2.57. The average Bonchev–Trinajstić information content (AvgIpc) is 2.90. The predicted molar refractivity (Wildman–Crippen MR) is 110 cm³/mol. The molecule has 2 heteroatoms. The average molecular weight is 375 g/mol. The number of hydrogen-bond acceptors (Lipinski definition) is 2. The van der Waals surface area contributed by atoms with Gasteiger partial charge in [-0.15, -0.1) is 0 Å². The second-order valence-corrected chi connectivity index (χ2v) is 12.4. The first kappa shape index (κ1) is 19.9. The van der Waals surface area contributed by atoms with Crippen molar-refractivity contribution in [2.24, 2.45) is 51.8 Å². The molecule has 2 nitrogen and oxygen atoms in total. The molecule has 4 aliphatic rings. The maximum Gasteiger partial charge on any atom is 0.133 e. The molecule has 0 radical (unpaired) electrons. The zero-order valence-electron chi connectivity index (χ0n) is 18.6. The third-order valence-electron chi connectivity index (χ3n) is 10.3. The number of carbonyl (C=O) groups excluding carboxylic acids is 1. The Morgan fingerprint density at radius 3 is 2.26 bits per heavy atom. The Morgan fingerprint density at radius 2 is 1.63 bits per heavy atom. The number of fused-ring (bicyclic) bond motifs is 5. The van der Waals surface area contributed by atoms with Gasteiger partial charge in [-0.2, -0.15) is 0 Å². The minimum Gasteiger partial charge on any atom is -0.393 e. The van der Waals surface area contributed by atoms with Crippen LogP contribution in [0.3, 0.4) is 0 Å². The summed E-state index contributed by atoms with van der Waals surface area (Å²) in [5, 5.41) is 11.1. The molecule has 0 aliphatic heterocycles. The molecule has 4 aliphatic carbocycles. The molecule has 0 saturated heterocycles. The number of aliphatic hydroxyl groups excluding tert-OH is 1. The van der Waals surface area contributed by atoms with E-state index in [1.807, 2.05) is 6.92 Å². The molecule has 0 aromatic carbocycles. The minimum absolute atomic E-state index is 0.146. The number of aliphatic hydroxyl groups is 1.